The lowest BCUT2D eigenvalue weighted by Crippen LogP contribution is -2.43. The Kier molecular flexibility index (Phi) is 5.09. The molecule has 0 bridgehead atoms. The lowest BCUT2D eigenvalue weighted by molar-refractivity contribution is 0.0668. The number of rotatable bonds is 5. The fourth-order valence-corrected chi connectivity index (χ4v) is 3.65. The first-order chi connectivity index (χ1) is 9.58. The molecule has 112 valence electrons. The van der Waals surface area contributed by atoms with Gasteiger partial charge in [0.25, 0.3) is 0 Å². The molecule has 0 radical (unpaired) electrons. The summed E-state index contributed by atoms with van der Waals surface area (Å²) in [4.78, 5) is 2.42. The number of benzene rings is 1. The largest absolute Gasteiger partial charge is 0.396 e. The molecular formula is C18H29NO. The molecule has 1 aliphatic rings. The van der Waals surface area contributed by atoms with Crippen LogP contribution in [0.15, 0.2) is 24.3 Å². The summed E-state index contributed by atoms with van der Waals surface area (Å²) in [5, 5.41) is 9.97. The van der Waals surface area contributed by atoms with Crippen LogP contribution in [0.2, 0.25) is 0 Å². The summed E-state index contributed by atoms with van der Waals surface area (Å²) in [5.41, 5.74) is 2.68. The van der Waals surface area contributed by atoms with Crippen molar-refractivity contribution in [2.24, 2.45) is 11.3 Å². The van der Waals surface area contributed by atoms with Gasteiger partial charge >= 0.3 is 0 Å². The highest BCUT2D eigenvalue weighted by Gasteiger charge is 2.35. The number of aryl methyl sites for hydroxylation is 1. The zero-order valence-electron chi connectivity index (χ0n) is 13.2. The van der Waals surface area contributed by atoms with E-state index in [0.717, 1.165) is 31.8 Å². The van der Waals surface area contributed by atoms with E-state index in [1.165, 1.54) is 24.1 Å². The molecular weight excluding hydrogens is 246 g/mol. The van der Waals surface area contributed by atoms with Crippen LogP contribution in [0, 0.1) is 18.3 Å². The van der Waals surface area contributed by atoms with Crippen LogP contribution in [0.5, 0.6) is 0 Å². The van der Waals surface area contributed by atoms with E-state index in [4.69, 9.17) is 0 Å². The molecule has 0 amide bonds. The average molecular weight is 275 g/mol. The average Bonchev–Trinajstić information content (AvgIpc) is 2.46. The molecule has 2 atom stereocenters. The normalized spacial score (nSPS) is 26.5. The molecule has 0 heterocycles. The van der Waals surface area contributed by atoms with E-state index in [1.807, 2.05) is 0 Å². The quantitative estimate of drug-likeness (QED) is 0.877. The minimum absolute atomic E-state index is 0.0958. The lowest BCUT2D eigenvalue weighted by atomic mass is 9.70. The Balaban J connectivity index is 2.13. The maximum Gasteiger partial charge on any atom is 0.0504 e. The third-order valence-corrected chi connectivity index (χ3v) is 4.83. The minimum Gasteiger partial charge on any atom is -0.396 e. The molecule has 1 aliphatic carbocycles. The standard InChI is InChI=1S/C18H29NO/c1-4-19(17-9-7-15(2)8-10-17)13-18(14-20)11-5-6-16(3)12-18/h7-10,16,20H,4-6,11-14H2,1-3H3. The van der Waals surface area contributed by atoms with Gasteiger partial charge < -0.3 is 10.0 Å². The lowest BCUT2D eigenvalue weighted by Gasteiger charge is -2.42. The topological polar surface area (TPSA) is 23.5 Å². The van der Waals surface area contributed by atoms with Crippen LogP contribution < -0.4 is 4.90 Å². The van der Waals surface area contributed by atoms with Crippen molar-refractivity contribution in [2.45, 2.75) is 46.5 Å². The van der Waals surface area contributed by atoms with Crippen LogP contribution in [-0.4, -0.2) is 24.8 Å². The van der Waals surface area contributed by atoms with Gasteiger partial charge in [0.1, 0.15) is 0 Å². The van der Waals surface area contributed by atoms with E-state index < -0.39 is 0 Å². The summed E-state index contributed by atoms with van der Waals surface area (Å²) >= 11 is 0. The molecule has 0 aliphatic heterocycles. The van der Waals surface area contributed by atoms with Crippen molar-refractivity contribution in [3.63, 3.8) is 0 Å². The molecule has 0 spiro atoms. The molecule has 1 saturated carbocycles. The third kappa shape index (κ3) is 3.54. The number of anilines is 1. The van der Waals surface area contributed by atoms with Crippen molar-refractivity contribution in [1.82, 2.24) is 0 Å². The Morgan fingerprint density at radius 1 is 1.30 bits per heavy atom. The first-order valence-corrected chi connectivity index (χ1v) is 8.01. The molecule has 1 fully saturated rings. The summed E-state index contributed by atoms with van der Waals surface area (Å²) < 4.78 is 0. The Morgan fingerprint density at radius 2 is 2.00 bits per heavy atom. The fraction of sp³-hybridized carbons (Fsp3) is 0.667. The van der Waals surface area contributed by atoms with Crippen LogP contribution in [0.1, 0.15) is 45.1 Å². The van der Waals surface area contributed by atoms with Crippen LogP contribution >= 0.6 is 0 Å². The predicted molar refractivity (Wildman–Crippen MR) is 86.2 cm³/mol. The van der Waals surface area contributed by atoms with Crippen molar-refractivity contribution >= 4 is 5.69 Å². The van der Waals surface area contributed by atoms with E-state index in [9.17, 15) is 5.11 Å². The SMILES string of the molecule is CCN(CC1(CO)CCCC(C)C1)c1ccc(C)cc1. The van der Waals surface area contributed by atoms with E-state index in [0.29, 0.717) is 6.61 Å². The van der Waals surface area contributed by atoms with Crippen LogP contribution in [0.4, 0.5) is 5.69 Å². The first-order valence-electron chi connectivity index (χ1n) is 8.01. The Morgan fingerprint density at radius 3 is 2.55 bits per heavy atom. The number of hydrogen-bond donors (Lipinski definition) is 1. The molecule has 0 saturated heterocycles. The van der Waals surface area contributed by atoms with Gasteiger partial charge in [0.2, 0.25) is 0 Å². The highest BCUT2D eigenvalue weighted by molar-refractivity contribution is 5.47. The van der Waals surface area contributed by atoms with Crippen molar-refractivity contribution in [3.05, 3.63) is 29.8 Å². The molecule has 1 aromatic rings. The number of hydrogen-bond acceptors (Lipinski definition) is 2. The third-order valence-electron chi connectivity index (χ3n) is 4.83. The zero-order chi connectivity index (χ0) is 14.6. The van der Waals surface area contributed by atoms with E-state index in [2.05, 4.69) is 49.9 Å². The van der Waals surface area contributed by atoms with Gasteiger partial charge in [-0.1, -0.05) is 37.5 Å². The predicted octanol–water partition coefficient (Wildman–Crippen LogP) is 4.01. The second kappa shape index (κ2) is 6.62. The summed E-state index contributed by atoms with van der Waals surface area (Å²) in [6, 6.07) is 8.76. The van der Waals surface area contributed by atoms with Crippen LogP contribution in [0.3, 0.4) is 0 Å². The Hall–Kier alpha value is -1.02. The van der Waals surface area contributed by atoms with E-state index in [1.54, 1.807) is 0 Å². The number of aliphatic hydroxyl groups excluding tert-OH is 1. The minimum atomic E-state index is 0.0958. The van der Waals surface area contributed by atoms with Gasteiger partial charge in [0, 0.05) is 24.2 Å². The van der Waals surface area contributed by atoms with Gasteiger partial charge in [0.05, 0.1) is 6.61 Å². The fourth-order valence-electron chi connectivity index (χ4n) is 3.65. The summed E-state index contributed by atoms with van der Waals surface area (Å²) in [5.74, 6) is 0.743. The second-order valence-electron chi connectivity index (χ2n) is 6.71. The summed E-state index contributed by atoms with van der Waals surface area (Å²) in [6.07, 6.45) is 4.90. The molecule has 1 aromatic carbocycles. The molecule has 1 N–H and O–H groups in total. The smallest absolute Gasteiger partial charge is 0.0504 e. The molecule has 2 heteroatoms. The second-order valence-corrected chi connectivity index (χ2v) is 6.71. The van der Waals surface area contributed by atoms with Crippen molar-refractivity contribution in [1.29, 1.82) is 0 Å². The number of aliphatic hydroxyl groups is 1. The van der Waals surface area contributed by atoms with Crippen molar-refractivity contribution in [3.8, 4) is 0 Å². The summed E-state index contributed by atoms with van der Waals surface area (Å²) in [7, 11) is 0. The Labute approximate surface area is 123 Å². The maximum absolute atomic E-state index is 9.97. The van der Waals surface area contributed by atoms with E-state index >= 15 is 0 Å². The molecule has 2 rings (SSSR count). The van der Waals surface area contributed by atoms with Gasteiger partial charge in [0.15, 0.2) is 0 Å². The molecule has 2 nitrogen and oxygen atoms in total. The van der Waals surface area contributed by atoms with Gasteiger partial charge in [-0.25, -0.2) is 0 Å². The van der Waals surface area contributed by atoms with Gasteiger partial charge in [-0.05, 0) is 44.7 Å². The van der Waals surface area contributed by atoms with Gasteiger partial charge in [-0.15, -0.1) is 0 Å². The molecule has 20 heavy (non-hydrogen) atoms. The molecule has 0 aromatic heterocycles. The van der Waals surface area contributed by atoms with Crippen LogP contribution in [0.25, 0.3) is 0 Å². The summed E-state index contributed by atoms with van der Waals surface area (Å²) in [6.45, 7) is 8.95. The first kappa shape index (κ1) is 15.4. The van der Waals surface area contributed by atoms with E-state index in [-0.39, 0.29) is 5.41 Å². The molecule has 2 unspecified atom stereocenters. The van der Waals surface area contributed by atoms with Gasteiger partial charge in [-0.3, -0.25) is 0 Å². The Bertz CT molecular complexity index is 414. The zero-order valence-corrected chi connectivity index (χ0v) is 13.2. The monoisotopic (exact) mass is 275 g/mol. The van der Waals surface area contributed by atoms with Crippen LogP contribution in [-0.2, 0) is 0 Å². The highest BCUT2D eigenvalue weighted by atomic mass is 16.3. The van der Waals surface area contributed by atoms with Crippen molar-refractivity contribution < 1.29 is 5.11 Å². The number of nitrogens with zero attached hydrogens (tertiary/aromatic N) is 1. The van der Waals surface area contributed by atoms with Gasteiger partial charge in [-0.2, -0.15) is 0 Å². The maximum atomic E-state index is 9.97. The highest BCUT2D eigenvalue weighted by Crippen LogP contribution is 2.40. The van der Waals surface area contributed by atoms with Crippen molar-refractivity contribution in [2.75, 3.05) is 24.6 Å².